The summed E-state index contributed by atoms with van der Waals surface area (Å²) in [6, 6.07) is 3.63. The van der Waals surface area contributed by atoms with E-state index in [1.807, 2.05) is 11.0 Å². The van der Waals surface area contributed by atoms with Gasteiger partial charge in [-0.25, -0.2) is 4.98 Å². The van der Waals surface area contributed by atoms with E-state index in [1.54, 1.807) is 12.3 Å². The highest BCUT2D eigenvalue weighted by atomic mass is 35.5. The summed E-state index contributed by atoms with van der Waals surface area (Å²) < 4.78 is 0. The topological polar surface area (TPSA) is 45.2 Å². The molecule has 0 atom stereocenters. The predicted octanol–water partition coefficient (Wildman–Crippen LogP) is 1.65. The summed E-state index contributed by atoms with van der Waals surface area (Å²) in [4.78, 5) is 18.1. The van der Waals surface area contributed by atoms with Crippen LogP contribution in [0.2, 0.25) is 5.02 Å². The van der Waals surface area contributed by atoms with Gasteiger partial charge in [-0.05, 0) is 25.1 Å². The van der Waals surface area contributed by atoms with Gasteiger partial charge in [0, 0.05) is 25.8 Å². The summed E-state index contributed by atoms with van der Waals surface area (Å²) in [7, 11) is 0. The number of hydrogen-bond donors (Lipinski definition) is 1. The van der Waals surface area contributed by atoms with E-state index in [1.165, 1.54) is 11.8 Å². The monoisotopic (exact) mass is 285 g/mol. The number of amides is 1. The van der Waals surface area contributed by atoms with E-state index in [2.05, 4.69) is 10.3 Å². The first kappa shape index (κ1) is 13.6. The van der Waals surface area contributed by atoms with Crippen LogP contribution >= 0.6 is 23.4 Å². The Morgan fingerprint density at radius 2 is 2.33 bits per heavy atom. The van der Waals surface area contributed by atoms with E-state index >= 15 is 0 Å². The predicted molar refractivity (Wildman–Crippen MR) is 74.0 cm³/mol. The molecule has 1 aromatic rings. The molecule has 1 fully saturated rings. The van der Waals surface area contributed by atoms with Crippen molar-refractivity contribution in [3.05, 3.63) is 23.4 Å². The van der Waals surface area contributed by atoms with Gasteiger partial charge < -0.3 is 10.2 Å². The lowest BCUT2D eigenvalue weighted by Gasteiger charge is -2.19. The number of halogens is 1. The fourth-order valence-corrected chi connectivity index (χ4v) is 2.63. The van der Waals surface area contributed by atoms with Gasteiger partial charge in [0.1, 0.15) is 0 Å². The number of carbonyl (C=O) groups is 1. The Hall–Kier alpha value is -0.780. The van der Waals surface area contributed by atoms with Gasteiger partial charge in [0.05, 0.1) is 15.8 Å². The van der Waals surface area contributed by atoms with Crippen LogP contribution in [0.3, 0.4) is 0 Å². The zero-order valence-electron chi connectivity index (χ0n) is 10.1. The number of rotatable bonds is 3. The Balaban J connectivity index is 1.81. The van der Waals surface area contributed by atoms with Crippen LogP contribution < -0.4 is 5.32 Å². The third kappa shape index (κ3) is 4.15. The summed E-state index contributed by atoms with van der Waals surface area (Å²) >= 11 is 7.22. The molecule has 0 bridgehead atoms. The minimum Gasteiger partial charge on any atom is -0.341 e. The fraction of sp³-hybridized carbons (Fsp3) is 0.500. The molecule has 4 nitrogen and oxygen atoms in total. The second-order valence-corrected chi connectivity index (χ2v) is 5.52. The van der Waals surface area contributed by atoms with E-state index in [9.17, 15) is 4.79 Å². The summed E-state index contributed by atoms with van der Waals surface area (Å²) in [6.07, 6.45) is 2.62. The summed E-state index contributed by atoms with van der Waals surface area (Å²) in [5.41, 5.74) is 0. The number of nitrogens with one attached hydrogen (secondary N) is 1. The van der Waals surface area contributed by atoms with Crippen molar-refractivity contribution in [1.82, 2.24) is 15.2 Å². The fourth-order valence-electron chi connectivity index (χ4n) is 1.77. The molecule has 0 radical (unpaired) electrons. The van der Waals surface area contributed by atoms with E-state index < -0.39 is 0 Å². The van der Waals surface area contributed by atoms with Crippen molar-refractivity contribution in [3.8, 4) is 0 Å². The molecule has 1 aliphatic rings. The Morgan fingerprint density at radius 1 is 1.44 bits per heavy atom. The van der Waals surface area contributed by atoms with Crippen LogP contribution in [0.1, 0.15) is 6.42 Å². The Morgan fingerprint density at radius 3 is 3.11 bits per heavy atom. The number of aromatic nitrogens is 1. The third-order valence-corrected chi connectivity index (χ3v) is 3.89. The maximum absolute atomic E-state index is 12.0. The molecule has 2 heterocycles. The highest BCUT2D eigenvalue weighted by Crippen LogP contribution is 2.17. The van der Waals surface area contributed by atoms with Gasteiger partial charge in [-0.3, -0.25) is 4.79 Å². The van der Waals surface area contributed by atoms with Gasteiger partial charge in [-0.1, -0.05) is 23.4 Å². The lowest BCUT2D eigenvalue weighted by Crippen LogP contribution is -2.35. The van der Waals surface area contributed by atoms with Gasteiger partial charge in [0.15, 0.2) is 0 Å². The van der Waals surface area contributed by atoms with E-state index in [0.29, 0.717) is 10.8 Å². The van der Waals surface area contributed by atoms with E-state index in [-0.39, 0.29) is 5.91 Å². The largest absolute Gasteiger partial charge is 0.341 e. The van der Waals surface area contributed by atoms with Gasteiger partial charge >= 0.3 is 0 Å². The zero-order valence-corrected chi connectivity index (χ0v) is 11.6. The first-order chi connectivity index (χ1) is 8.75. The summed E-state index contributed by atoms with van der Waals surface area (Å²) in [5, 5.41) is 4.73. The van der Waals surface area contributed by atoms with Crippen molar-refractivity contribution in [3.63, 3.8) is 0 Å². The van der Waals surface area contributed by atoms with Crippen molar-refractivity contribution in [2.75, 3.05) is 31.9 Å². The van der Waals surface area contributed by atoms with E-state index in [4.69, 9.17) is 11.6 Å². The molecule has 1 amide bonds. The summed E-state index contributed by atoms with van der Waals surface area (Å²) in [5.74, 6) is 0.620. The van der Waals surface area contributed by atoms with Crippen LogP contribution in [-0.2, 0) is 4.79 Å². The molecule has 0 aliphatic carbocycles. The highest BCUT2D eigenvalue weighted by Gasteiger charge is 2.15. The van der Waals surface area contributed by atoms with Crippen LogP contribution in [0.4, 0.5) is 0 Å². The number of hydrogen-bond acceptors (Lipinski definition) is 4. The average Bonchev–Trinajstić information content (AvgIpc) is 2.66. The second-order valence-electron chi connectivity index (χ2n) is 4.09. The molecule has 1 aromatic heterocycles. The molecular formula is C12H16ClN3OS. The van der Waals surface area contributed by atoms with Crippen molar-refractivity contribution < 1.29 is 4.79 Å². The van der Waals surface area contributed by atoms with Crippen molar-refractivity contribution >= 4 is 29.3 Å². The molecule has 0 aromatic carbocycles. The lowest BCUT2D eigenvalue weighted by atomic mass is 10.4. The Kier molecular flexibility index (Phi) is 5.28. The maximum Gasteiger partial charge on any atom is 0.233 e. The van der Waals surface area contributed by atoms with Crippen molar-refractivity contribution in [1.29, 1.82) is 0 Å². The van der Waals surface area contributed by atoms with Gasteiger partial charge in [-0.15, -0.1) is 0 Å². The van der Waals surface area contributed by atoms with Gasteiger partial charge in [0.25, 0.3) is 0 Å². The average molecular weight is 286 g/mol. The van der Waals surface area contributed by atoms with Gasteiger partial charge in [0.2, 0.25) is 5.91 Å². The molecule has 1 aliphatic heterocycles. The molecule has 2 rings (SSSR count). The number of pyridine rings is 1. The molecule has 6 heteroatoms. The molecule has 0 saturated carbocycles. The van der Waals surface area contributed by atoms with Crippen molar-refractivity contribution in [2.24, 2.45) is 0 Å². The Labute approximate surface area is 116 Å². The Bertz CT molecular complexity index is 391. The quantitative estimate of drug-likeness (QED) is 0.858. The van der Waals surface area contributed by atoms with Crippen LogP contribution in [-0.4, -0.2) is 47.7 Å². The number of nitrogens with zero attached hydrogens (tertiary/aromatic N) is 2. The van der Waals surface area contributed by atoms with Crippen LogP contribution in [0, 0.1) is 0 Å². The standard InChI is InChI=1S/C12H16ClN3OS/c13-10-2-3-11(15-8-10)18-9-12(17)16-6-1-4-14-5-7-16/h2-3,8,14H,1,4-7,9H2. The normalized spacial score (nSPS) is 16.4. The summed E-state index contributed by atoms with van der Waals surface area (Å²) in [6.45, 7) is 3.53. The smallest absolute Gasteiger partial charge is 0.233 e. The number of carbonyl (C=O) groups excluding carboxylic acids is 1. The molecule has 0 spiro atoms. The molecule has 0 unspecified atom stereocenters. The molecule has 1 saturated heterocycles. The zero-order chi connectivity index (χ0) is 12.8. The molecule has 98 valence electrons. The minimum absolute atomic E-state index is 0.181. The molecular weight excluding hydrogens is 270 g/mol. The van der Waals surface area contributed by atoms with Crippen LogP contribution in [0.15, 0.2) is 23.4 Å². The number of thioether (sulfide) groups is 1. The second kappa shape index (κ2) is 6.97. The first-order valence-electron chi connectivity index (χ1n) is 5.98. The SMILES string of the molecule is O=C(CSc1ccc(Cl)cn1)N1CCCNCC1. The molecule has 1 N–H and O–H groups in total. The maximum atomic E-state index is 12.0. The molecule has 18 heavy (non-hydrogen) atoms. The van der Waals surface area contributed by atoms with Crippen molar-refractivity contribution in [2.45, 2.75) is 11.4 Å². The lowest BCUT2D eigenvalue weighted by molar-refractivity contribution is -0.128. The van der Waals surface area contributed by atoms with Gasteiger partial charge in [-0.2, -0.15) is 0 Å². The highest BCUT2D eigenvalue weighted by molar-refractivity contribution is 7.99. The first-order valence-corrected chi connectivity index (χ1v) is 7.35. The third-order valence-electron chi connectivity index (χ3n) is 2.74. The minimum atomic E-state index is 0.181. The van der Waals surface area contributed by atoms with E-state index in [0.717, 1.165) is 37.6 Å². The van der Waals surface area contributed by atoms with Crippen LogP contribution in [0.5, 0.6) is 0 Å². The van der Waals surface area contributed by atoms with Crippen LogP contribution in [0.25, 0.3) is 0 Å².